The van der Waals surface area contributed by atoms with Crippen LogP contribution in [0, 0.1) is 6.92 Å². The number of amides is 1. The summed E-state index contributed by atoms with van der Waals surface area (Å²) >= 11 is 1.77. The lowest BCUT2D eigenvalue weighted by atomic mass is 10.1. The molecule has 3 rings (SSSR count). The molecule has 0 bridgehead atoms. The number of nitrogens with zero attached hydrogens (tertiary/aromatic N) is 2. The number of hydrogen-bond acceptors (Lipinski definition) is 3. The number of carbonyl (C=O) groups is 1. The number of likely N-dealkylation sites (tertiary alicyclic amines) is 1. The largest absolute Gasteiger partial charge is 0.357 e. The molecule has 152 valence electrons. The first-order chi connectivity index (χ1) is 13.2. The lowest BCUT2D eigenvalue weighted by molar-refractivity contribution is -0.128. The normalized spacial score (nSPS) is 14.1. The van der Waals surface area contributed by atoms with Crippen molar-refractivity contribution in [3.8, 4) is 0 Å². The highest BCUT2D eigenvalue weighted by molar-refractivity contribution is 14.0. The van der Waals surface area contributed by atoms with E-state index in [9.17, 15) is 4.79 Å². The first-order valence-electron chi connectivity index (χ1n) is 9.56. The smallest absolute Gasteiger partial charge is 0.222 e. The van der Waals surface area contributed by atoms with E-state index in [1.807, 2.05) is 4.90 Å². The Bertz CT molecular complexity index is 788. The zero-order valence-electron chi connectivity index (χ0n) is 16.5. The Hall–Kier alpha value is -1.61. The minimum absolute atomic E-state index is 0. The summed E-state index contributed by atoms with van der Waals surface area (Å²) in [4.78, 5) is 19.7. The number of aliphatic imine (C=N–C) groups is 1. The molecule has 2 heterocycles. The van der Waals surface area contributed by atoms with Gasteiger partial charge in [0.25, 0.3) is 0 Å². The quantitative estimate of drug-likeness (QED) is 0.335. The van der Waals surface area contributed by atoms with E-state index in [0.717, 1.165) is 37.6 Å². The molecule has 2 aromatic rings. The summed E-state index contributed by atoms with van der Waals surface area (Å²) in [5, 5.41) is 8.82. The first-order valence-corrected chi connectivity index (χ1v) is 10.4. The minimum Gasteiger partial charge on any atom is -0.357 e. The van der Waals surface area contributed by atoms with E-state index in [2.05, 4.69) is 60.2 Å². The Morgan fingerprint density at radius 3 is 2.54 bits per heavy atom. The number of carbonyl (C=O) groups excluding carboxylic acids is 1. The van der Waals surface area contributed by atoms with Gasteiger partial charge in [0.1, 0.15) is 0 Å². The lowest BCUT2D eigenvalue weighted by Crippen LogP contribution is -2.36. The molecule has 1 aliphatic rings. The molecule has 0 aliphatic carbocycles. The highest BCUT2D eigenvalue weighted by Gasteiger charge is 2.19. The van der Waals surface area contributed by atoms with E-state index in [1.54, 1.807) is 11.3 Å². The molecule has 1 fully saturated rings. The van der Waals surface area contributed by atoms with Gasteiger partial charge in [0.05, 0.1) is 13.1 Å². The van der Waals surface area contributed by atoms with Crippen molar-refractivity contribution in [1.82, 2.24) is 15.5 Å². The lowest BCUT2D eigenvalue weighted by Gasteiger charge is -2.15. The van der Waals surface area contributed by atoms with Gasteiger partial charge in [-0.05, 0) is 48.4 Å². The van der Waals surface area contributed by atoms with Gasteiger partial charge in [-0.15, -0.1) is 35.3 Å². The van der Waals surface area contributed by atoms with Crippen molar-refractivity contribution in [2.24, 2.45) is 4.99 Å². The van der Waals surface area contributed by atoms with Crippen LogP contribution in [-0.4, -0.2) is 29.9 Å². The maximum atomic E-state index is 11.7. The van der Waals surface area contributed by atoms with Crippen LogP contribution >= 0.6 is 35.3 Å². The topological polar surface area (TPSA) is 56.7 Å². The molecule has 1 saturated heterocycles. The molecule has 1 aromatic carbocycles. The second-order valence-electron chi connectivity index (χ2n) is 6.81. The first kappa shape index (κ1) is 22.7. The van der Waals surface area contributed by atoms with Gasteiger partial charge in [0, 0.05) is 30.9 Å². The van der Waals surface area contributed by atoms with Crippen molar-refractivity contribution in [3.05, 3.63) is 57.3 Å². The molecule has 28 heavy (non-hydrogen) atoms. The van der Waals surface area contributed by atoms with Crippen LogP contribution < -0.4 is 10.6 Å². The molecule has 0 atom stereocenters. The number of thiophene rings is 1. The third-order valence-corrected chi connectivity index (χ3v) is 5.74. The van der Waals surface area contributed by atoms with Gasteiger partial charge in [-0.3, -0.25) is 4.79 Å². The third-order valence-electron chi connectivity index (χ3n) is 4.72. The highest BCUT2D eigenvalue weighted by atomic mass is 127. The monoisotopic (exact) mass is 512 g/mol. The van der Waals surface area contributed by atoms with Gasteiger partial charge in [-0.25, -0.2) is 4.99 Å². The standard InChI is InChI=1S/C21H28N4OS.HI/c1-3-22-21(24-14-19-16(2)10-12-27-19)23-13-17-6-8-18(9-7-17)15-25-11-4-5-20(25)26;/h6-10,12H,3-5,11,13-15H2,1-2H3,(H2,22,23,24);1H. The van der Waals surface area contributed by atoms with Crippen LogP contribution in [0.1, 0.15) is 41.3 Å². The molecule has 0 spiro atoms. The number of halogens is 1. The second kappa shape index (κ2) is 11.4. The molecular weight excluding hydrogens is 483 g/mol. The number of benzene rings is 1. The summed E-state index contributed by atoms with van der Waals surface area (Å²) in [6, 6.07) is 10.6. The van der Waals surface area contributed by atoms with Gasteiger partial charge < -0.3 is 15.5 Å². The van der Waals surface area contributed by atoms with Gasteiger partial charge in [-0.2, -0.15) is 0 Å². The second-order valence-corrected chi connectivity index (χ2v) is 7.81. The van der Waals surface area contributed by atoms with Gasteiger partial charge >= 0.3 is 0 Å². The predicted molar refractivity (Wildman–Crippen MR) is 127 cm³/mol. The predicted octanol–water partition coefficient (Wildman–Crippen LogP) is 4.05. The number of guanidine groups is 1. The van der Waals surface area contributed by atoms with Crippen molar-refractivity contribution >= 4 is 47.2 Å². The number of aryl methyl sites for hydroxylation is 1. The summed E-state index contributed by atoms with van der Waals surface area (Å²) in [7, 11) is 0. The maximum absolute atomic E-state index is 11.7. The average molecular weight is 512 g/mol. The molecule has 0 unspecified atom stereocenters. The molecule has 0 radical (unpaired) electrons. The molecule has 7 heteroatoms. The number of nitrogens with one attached hydrogen (secondary N) is 2. The molecule has 1 amide bonds. The SMILES string of the molecule is CCNC(=NCc1ccc(CN2CCCC2=O)cc1)NCc1sccc1C.I. The van der Waals surface area contributed by atoms with Gasteiger partial charge in [0.15, 0.2) is 5.96 Å². The Labute approximate surface area is 188 Å². The van der Waals surface area contributed by atoms with Crippen LogP contribution in [0.4, 0.5) is 0 Å². The van der Waals surface area contributed by atoms with Crippen molar-refractivity contribution in [2.75, 3.05) is 13.1 Å². The van der Waals surface area contributed by atoms with Crippen LogP contribution in [0.5, 0.6) is 0 Å². The zero-order valence-corrected chi connectivity index (χ0v) is 19.7. The van der Waals surface area contributed by atoms with E-state index in [0.29, 0.717) is 19.5 Å². The fraction of sp³-hybridized carbons (Fsp3) is 0.429. The molecular formula is C21H29IN4OS. The van der Waals surface area contributed by atoms with Crippen LogP contribution in [0.3, 0.4) is 0 Å². The fourth-order valence-corrected chi connectivity index (χ4v) is 3.95. The Kier molecular flexibility index (Phi) is 9.24. The summed E-state index contributed by atoms with van der Waals surface area (Å²) < 4.78 is 0. The summed E-state index contributed by atoms with van der Waals surface area (Å²) in [6.45, 7) is 8.05. The van der Waals surface area contributed by atoms with Crippen molar-refractivity contribution in [3.63, 3.8) is 0 Å². The Morgan fingerprint density at radius 1 is 1.18 bits per heavy atom. The average Bonchev–Trinajstić information content (AvgIpc) is 3.27. The highest BCUT2D eigenvalue weighted by Crippen LogP contribution is 2.16. The Morgan fingerprint density at radius 2 is 1.93 bits per heavy atom. The zero-order chi connectivity index (χ0) is 19.1. The summed E-state index contributed by atoms with van der Waals surface area (Å²) in [6.07, 6.45) is 1.68. The van der Waals surface area contributed by atoms with E-state index in [4.69, 9.17) is 4.99 Å². The van der Waals surface area contributed by atoms with Crippen LogP contribution in [0.2, 0.25) is 0 Å². The van der Waals surface area contributed by atoms with E-state index in [1.165, 1.54) is 16.0 Å². The van der Waals surface area contributed by atoms with Crippen molar-refractivity contribution < 1.29 is 4.79 Å². The Balaban J connectivity index is 0.00000280. The molecule has 1 aliphatic heterocycles. The van der Waals surface area contributed by atoms with Gasteiger partial charge in [-0.1, -0.05) is 24.3 Å². The number of hydrogen-bond donors (Lipinski definition) is 2. The van der Waals surface area contributed by atoms with Crippen LogP contribution in [0.25, 0.3) is 0 Å². The minimum atomic E-state index is 0. The maximum Gasteiger partial charge on any atom is 0.222 e. The van der Waals surface area contributed by atoms with Crippen molar-refractivity contribution in [2.45, 2.75) is 46.3 Å². The third kappa shape index (κ3) is 6.48. The van der Waals surface area contributed by atoms with E-state index >= 15 is 0 Å². The molecule has 1 aromatic heterocycles. The fourth-order valence-electron chi connectivity index (χ4n) is 3.10. The number of rotatable bonds is 7. The molecule has 5 nitrogen and oxygen atoms in total. The van der Waals surface area contributed by atoms with Crippen molar-refractivity contribution in [1.29, 1.82) is 0 Å². The van der Waals surface area contributed by atoms with E-state index < -0.39 is 0 Å². The molecule has 0 saturated carbocycles. The van der Waals surface area contributed by atoms with Crippen LogP contribution in [-0.2, 0) is 24.4 Å². The van der Waals surface area contributed by atoms with Crippen LogP contribution in [0.15, 0.2) is 40.7 Å². The molecule has 2 N–H and O–H groups in total. The summed E-state index contributed by atoms with van der Waals surface area (Å²) in [5.41, 5.74) is 3.66. The van der Waals surface area contributed by atoms with Gasteiger partial charge in [0.2, 0.25) is 5.91 Å². The summed E-state index contributed by atoms with van der Waals surface area (Å²) in [5.74, 6) is 1.10. The van der Waals surface area contributed by atoms with E-state index in [-0.39, 0.29) is 29.9 Å².